The zero-order chi connectivity index (χ0) is 15.0. The number of nitrogens with one attached hydrogen (secondary N) is 1. The van der Waals surface area contributed by atoms with Crippen LogP contribution in [-0.2, 0) is 9.53 Å². The smallest absolute Gasteiger partial charge is 0.325 e. The lowest BCUT2D eigenvalue weighted by Gasteiger charge is -2.20. The molecule has 5 nitrogen and oxygen atoms in total. The summed E-state index contributed by atoms with van der Waals surface area (Å²) < 4.78 is 4.82. The number of esters is 1. The molecule has 1 aromatic carbocycles. The molecule has 2 amide bonds. The molecule has 1 aromatic rings. The van der Waals surface area contributed by atoms with Crippen molar-refractivity contribution in [3.63, 3.8) is 0 Å². The van der Waals surface area contributed by atoms with Gasteiger partial charge in [-0.15, -0.1) is 6.58 Å². The molecule has 0 radical (unpaired) electrons. The summed E-state index contributed by atoms with van der Waals surface area (Å²) in [4.78, 5) is 24.8. The van der Waals surface area contributed by atoms with E-state index in [1.807, 2.05) is 0 Å². The molecular formula is C14H17ClN2O3. The number of carbonyl (C=O) groups is 2. The third-order valence-corrected chi connectivity index (χ3v) is 2.71. The first-order valence-corrected chi connectivity index (χ1v) is 6.53. The van der Waals surface area contributed by atoms with Gasteiger partial charge in [-0.2, -0.15) is 0 Å². The van der Waals surface area contributed by atoms with Crippen molar-refractivity contribution in [3.05, 3.63) is 41.9 Å². The fourth-order valence-corrected chi connectivity index (χ4v) is 1.68. The molecule has 0 aliphatic rings. The number of urea groups is 1. The van der Waals surface area contributed by atoms with Crippen LogP contribution < -0.4 is 5.32 Å². The summed E-state index contributed by atoms with van der Waals surface area (Å²) in [7, 11) is 0. The largest absolute Gasteiger partial charge is 0.465 e. The Hall–Kier alpha value is -2.01. The lowest BCUT2D eigenvalue weighted by atomic mass is 10.3. The summed E-state index contributed by atoms with van der Waals surface area (Å²) >= 11 is 5.96. The first-order chi connectivity index (χ1) is 9.58. The van der Waals surface area contributed by atoms with Crippen LogP contribution in [0, 0.1) is 0 Å². The zero-order valence-electron chi connectivity index (χ0n) is 11.3. The fourth-order valence-electron chi connectivity index (χ4n) is 1.49. The summed E-state index contributed by atoms with van der Waals surface area (Å²) in [6, 6.07) is 6.42. The van der Waals surface area contributed by atoms with Gasteiger partial charge in [0.25, 0.3) is 0 Å². The van der Waals surface area contributed by atoms with E-state index in [-0.39, 0.29) is 19.7 Å². The molecule has 1 rings (SSSR count). The first-order valence-electron chi connectivity index (χ1n) is 6.15. The van der Waals surface area contributed by atoms with Gasteiger partial charge in [0.2, 0.25) is 0 Å². The van der Waals surface area contributed by atoms with Crippen molar-refractivity contribution in [3.8, 4) is 0 Å². The highest BCUT2D eigenvalue weighted by molar-refractivity contribution is 6.33. The lowest BCUT2D eigenvalue weighted by Crippen LogP contribution is -2.39. The van der Waals surface area contributed by atoms with Crippen molar-refractivity contribution in [2.75, 3.05) is 25.0 Å². The highest BCUT2D eigenvalue weighted by Crippen LogP contribution is 2.20. The van der Waals surface area contributed by atoms with Crippen molar-refractivity contribution in [2.45, 2.75) is 6.92 Å². The van der Waals surface area contributed by atoms with E-state index < -0.39 is 12.0 Å². The average Bonchev–Trinajstić information content (AvgIpc) is 2.41. The van der Waals surface area contributed by atoms with Crippen LogP contribution in [0.5, 0.6) is 0 Å². The van der Waals surface area contributed by atoms with Crippen molar-refractivity contribution in [1.82, 2.24) is 4.90 Å². The monoisotopic (exact) mass is 296 g/mol. The Morgan fingerprint density at radius 1 is 1.45 bits per heavy atom. The van der Waals surface area contributed by atoms with Crippen LogP contribution in [0.15, 0.2) is 36.9 Å². The molecule has 0 heterocycles. The maximum absolute atomic E-state index is 12.1. The predicted molar refractivity (Wildman–Crippen MR) is 78.9 cm³/mol. The SMILES string of the molecule is C=CCN(CC(=O)OCC)C(=O)Nc1ccccc1Cl. The van der Waals surface area contributed by atoms with Gasteiger partial charge in [-0.05, 0) is 19.1 Å². The van der Waals surface area contributed by atoms with Gasteiger partial charge in [0, 0.05) is 6.54 Å². The third kappa shape index (κ3) is 4.93. The van der Waals surface area contributed by atoms with E-state index >= 15 is 0 Å². The van der Waals surface area contributed by atoms with E-state index in [0.717, 1.165) is 0 Å². The Bertz CT molecular complexity index is 491. The van der Waals surface area contributed by atoms with Crippen LogP contribution in [0.1, 0.15) is 6.92 Å². The third-order valence-electron chi connectivity index (χ3n) is 2.38. The van der Waals surface area contributed by atoms with E-state index in [4.69, 9.17) is 16.3 Å². The second kappa shape index (κ2) is 8.22. The summed E-state index contributed by atoms with van der Waals surface area (Å²) in [5.74, 6) is -0.469. The molecular weight excluding hydrogens is 280 g/mol. The summed E-state index contributed by atoms with van der Waals surface area (Å²) in [5, 5.41) is 3.07. The van der Waals surface area contributed by atoms with Crippen molar-refractivity contribution in [1.29, 1.82) is 0 Å². The predicted octanol–water partition coefficient (Wildman–Crippen LogP) is 2.92. The molecule has 108 valence electrons. The Balaban J connectivity index is 2.71. The number of para-hydroxylation sites is 1. The van der Waals surface area contributed by atoms with Gasteiger partial charge in [0.05, 0.1) is 17.3 Å². The van der Waals surface area contributed by atoms with Crippen molar-refractivity contribution >= 4 is 29.3 Å². The minimum Gasteiger partial charge on any atom is -0.465 e. The lowest BCUT2D eigenvalue weighted by molar-refractivity contribution is -0.143. The van der Waals surface area contributed by atoms with Gasteiger partial charge in [0.1, 0.15) is 6.54 Å². The van der Waals surface area contributed by atoms with Crippen LogP contribution in [-0.4, -0.2) is 36.6 Å². The Morgan fingerprint density at radius 2 is 2.15 bits per heavy atom. The van der Waals surface area contributed by atoms with Crippen LogP contribution >= 0.6 is 11.6 Å². The second-order valence-corrected chi connectivity index (χ2v) is 4.29. The van der Waals surface area contributed by atoms with Crippen molar-refractivity contribution in [2.24, 2.45) is 0 Å². The molecule has 0 atom stereocenters. The number of amides is 2. The zero-order valence-corrected chi connectivity index (χ0v) is 12.0. The molecule has 0 aliphatic heterocycles. The molecule has 0 spiro atoms. The van der Waals surface area contributed by atoms with Gasteiger partial charge < -0.3 is 15.0 Å². The van der Waals surface area contributed by atoms with E-state index in [0.29, 0.717) is 10.7 Å². The summed E-state index contributed by atoms with van der Waals surface area (Å²) in [5.41, 5.74) is 0.483. The maximum Gasteiger partial charge on any atom is 0.325 e. The number of carbonyl (C=O) groups excluding carboxylic acids is 2. The standard InChI is InChI=1S/C14H17ClN2O3/c1-3-9-17(10-13(18)20-4-2)14(19)16-12-8-6-5-7-11(12)15/h3,5-8H,1,4,9-10H2,2H3,(H,16,19). The van der Waals surface area contributed by atoms with E-state index in [9.17, 15) is 9.59 Å². The summed E-state index contributed by atoms with van der Waals surface area (Å²) in [6.07, 6.45) is 1.53. The number of hydrogen-bond acceptors (Lipinski definition) is 3. The minimum absolute atomic E-state index is 0.143. The van der Waals surface area contributed by atoms with Crippen LogP contribution in [0.2, 0.25) is 5.02 Å². The normalized spacial score (nSPS) is 9.70. The molecule has 0 bridgehead atoms. The molecule has 6 heteroatoms. The molecule has 0 aromatic heterocycles. The Labute approximate surface area is 123 Å². The van der Waals surface area contributed by atoms with Gasteiger partial charge >= 0.3 is 12.0 Å². The highest BCUT2D eigenvalue weighted by Gasteiger charge is 2.17. The van der Waals surface area contributed by atoms with E-state index in [1.165, 1.54) is 11.0 Å². The maximum atomic E-state index is 12.1. The van der Waals surface area contributed by atoms with Crippen LogP contribution in [0.25, 0.3) is 0 Å². The Morgan fingerprint density at radius 3 is 2.75 bits per heavy atom. The second-order valence-electron chi connectivity index (χ2n) is 3.88. The minimum atomic E-state index is -0.469. The van der Waals surface area contributed by atoms with Crippen molar-refractivity contribution < 1.29 is 14.3 Å². The van der Waals surface area contributed by atoms with E-state index in [1.54, 1.807) is 31.2 Å². The van der Waals surface area contributed by atoms with Gasteiger partial charge in [-0.3, -0.25) is 4.79 Å². The number of hydrogen-bond donors (Lipinski definition) is 1. The molecule has 0 fully saturated rings. The number of anilines is 1. The molecule has 1 N–H and O–H groups in total. The molecule has 0 saturated heterocycles. The summed E-state index contributed by atoms with van der Waals surface area (Å²) in [6.45, 7) is 5.63. The van der Waals surface area contributed by atoms with Crippen LogP contribution in [0.3, 0.4) is 0 Å². The number of ether oxygens (including phenoxy) is 1. The molecule has 0 aliphatic carbocycles. The fraction of sp³-hybridized carbons (Fsp3) is 0.286. The van der Waals surface area contributed by atoms with E-state index in [2.05, 4.69) is 11.9 Å². The topological polar surface area (TPSA) is 58.6 Å². The first kappa shape index (κ1) is 16.0. The highest BCUT2D eigenvalue weighted by atomic mass is 35.5. The molecule has 0 saturated carbocycles. The average molecular weight is 297 g/mol. The number of benzene rings is 1. The molecule has 20 heavy (non-hydrogen) atoms. The van der Waals surface area contributed by atoms with Gasteiger partial charge in [-0.25, -0.2) is 4.79 Å². The quantitative estimate of drug-likeness (QED) is 0.648. The molecule has 0 unspecified atom stereocenters. The van der Waals surface area contributed by atoms with Crippen LogP contribution in [0.4, 0.5) is 10.5 Å². The Kier molecular flexibility index (Phi) is 6.59. The number of rotatable bonds is 6. The number of nitrogens with zero attached hydrogens (tertiary/aromatic N) is 1. The van der Waals surface area contributed by atoms with Gasteiger partial charge in [-0.1, -0.05) is 29.8 Å². The van der Waals surface area contributed by atoms with Gasteiger partial charge in [0.15, 0.2) is 0 Å². The number of halogens is 1.